The molecule has 0 aromatic carbocycles. The molecule has 0 aliphatic heterocycles. The summed E-state index contributed by atoms with van der Waals surface area (Å²) in [5.41, 5.74) is 6.60. The predicted octanol–water partition coefficient (Wildman–Crippen LogP) is 4.40. The van der Waals surface area contributed by atoms with Gasteiger partial charge in [-0.25, -0.2) is 0 Å². The summed E-state index contributed by atoms with van der Waals surface area (Å²) in [4.78, 5) is 0. The quantitative estimate of drug-likeness (QED) is 0.683. The second-order valence-electron chi connectivity index (χ2n) is 5.40. The topological polar surface area (TPSA) is 26.0 Å². The molecule has 15 heavy (non-hydrogen) atoms. The normalized spacial score (nSPS) is 25.2. The van der Waals surface area contributed by atoms with Gasteiger partial charge in [-0.05, 0) is 19.3 Å². The van der Waals surface area contributed by atoms with Gasteiger partial charge in [0.1, 0.15) is 0 Å². The molecule has 1 saturated carbocycles. The Morgan fingerprint density at radius 1 is 0.733 bits per heavy atom. The molecule has 0 spiro atoms. The number of hydrogen-bond donors (Lipinski definition) is 1. The minimum atomic E-state index is 0.166. The van der Waals surface area contributed by atoms with Gasteiger partial charge < -0.3 is 5.73 Å². The SMILES string of the molecule is CCC1(N)CCCCCCCCCCC1. The molecule has 1 rings (SSSR count). The molecular weight excluding hydrogens is 182 g/mol. The zero-order valence-corrected chi connectivity index (χ0v) is 10.6. The lowest BCUT2D eigenvalue weighted by Gasteiger charge is -2.28. The first kappa shape index (κ1) is 13.0. The summed E-state index contributed by atoms with van der Waals surface area (Å²) in [6, 6.07) is 0. The molecule has 0 aromatic heterocycles. The molecule has 0 bridgehead atoms. The molecule has 2 N–H and O–H groups in total. The Kier molecular flexibility index (Phi) is 6.31. The highest BCUT2D eigenvalue weighted by atomic mass is 14.7. The largest absolute Gasteiger partial charge is 0.325 e. The molecular formula is C14H29N. The fourth-order valence-corrected chi connectivity index (χ4v) is 2.67. The van der Waals surface area contributed by atoms with Gasteiger partial charge in [-0.3, -0.25) is 0 Å². The third kappa shape index (κ3) is 5.55. The van der Waals surface area contributed by atoms with Gasteiger partial charge in [-0.2, -0.15) is 0 Å². The Bertz CT molecular complexity index is 141. The summed E-state index contributed by atoms with van der Waals surface area (Å²) in [6.45, 7) is 2.26. The van der Waals surface area contributed by atoms with Crippen molar-refractivity contribution in [2.45, 2.75) is 89.5 Å². The number of nitrogens with two attached hydrogens (primary N) is 1. The average molecular weight is 211 g/mol. The van der Waals surface area contributed by atoms with Gasteiger partial charge in [-0.1, -0.05) is 64.7 Å². The van der Waals surface area contributed by atoms with Crippen LogP contribution < -0.4 is 5.73 Å². The van der Waals surface area contributed by atoms with Crippen LogP contribution in [0.15, 0.2) is 0 Å². The summed E-state index contributed by atoms with van der Waals surface area (Å²) in [5.74, 6) is 0. The fraction of sp³-hybridized carbons (Fsp3) is 1.00. The Labute approximate surface area is 95.8 Å². The summed E-state index contributed by atoms with van der Waals surface area (Å²) in [6.07, 6.45) is 16.4. The highest BCUT2D eigenvalue weighted by molar-refractivity contribution is 4.82. The van der Waals surface area contributed by atoms with E-state index in [1.54, 1.807) is 0 Å². The zero-order valence-electron chi connectivity index (χ0n) is 10.6. The van der Waals surface area contributed by atoms with Crippen molar-refractivity contribution in [2.75, 3.05) is 0 Å². The van der Waals surface area contributed by atoms with Crippen molar-refractivity contribution in [3.63, 3.8) is 0 Å². The van der Waals surface area contributed by atoms with E-state index in [1.807, 2.05) is 0 Å². The van der Waals surface area contributed by atoms with Crippen LogP contribution in [0, 0.1) is 0 Å². The molecule has 1 aliphatic rings. The molecule has 90 valence electrons. The lowest BCUT2D eigenvalue weighted by molar-refractivity contribution is 0.321. The third-order valence-corrected chi connectivity index (χ3v) is 4.05. The van der Waals surface area contributed by atoms with Gasteiger partial charge in [0.05, 0.1) is 0 Å². The molecule has 0 saturated heterocycles. The second-order valence-corrected chi connectivity index (χ2v) is 5.40. The molecule has 1 nitrogen and oxygen atoms in total. The molecule has 1 aliphatic carbocycles. The first-order chi connectivity index (χ1) is 7.27. The maximum Gasteiger partial charge on any atom is 0.0151 e. The lowest BCUT2D eigenvalue weighted by Crippen LogP contribution is -2.38. The van der Waals surface area contributed by atoms with Crippen molar-refractivity contribution in [3.8, 4) is 0 Å². The molecule has 1 heteroatoms. The zero-order chi connectivity index (χ0) is 11.0. The third-order valence-electron chi connectivity index (χ3n) is 4.05. The second kappa shape index (κ2) is 7.27. The molecule has 0 aromatic rings. The van der Waals surface area contributed by atoms with E-state index < -0.39 is 0 Å². The minimum Gasteiger partial charge on any atom is -0.325 e. The standard InChI is InChI=1S/C14H29N/c1-2-14(15)12-10-8-6-4-3-5-7-9-11-13-14/h2-13,15H2,1H3. The summed E-state index contributed by atoms with van der Waals surface area (Å²) in [7, 11) is 0. The minimum absolute atomic E-state index is 0.166. The van der Waals surface area contributed by atoms with Crippen LogP contribution in [-0.2, 0) is 0 Å². The van der Waals surface area contributed by atoms with Crippen molar-refractivity contribution >= 4 is 0 Å². The van der Waals surface area contributed by atoms with E-state index in [0.717, 1.165) is 6.42 Å². The van der Waals surface area contributed by atoms with Crippen LogP contribution in [-0.4, -0.2) is 5.54 Å². The van der Waals surface area contributed by atoms with Crippen LogP contribution in [0.2, 0.25) is 0 Å². The van der Waals surface area contributed by atoms with E-state index in [-0.39, 0.29) is 5.54 Å². The smallest absolute Gasteiger partial charge is 0.0151 e. The Morgan fingerprint density at radius 2 is 1.07 bits per heavy atom. The number of hydrogen-bond acceptors (Lipinski definition) is 1. The van der Waals surface area contributed by atoms with Gasteiger partial charge in [-0.15, -0.1) is 0 Å². The van der Waals surface area contributed by atoms with Crippen LogP contribution in [0.5, 0.6) is 0 Å². The van der Waals surface area contributed by atoms with Crippen LogP contribution >= 0.6 is 0 Å². The molecule has 0 unspecified atom stereocenters. The first-order valence-electron chi connectivity index (χ1n) is 7.06. The van der Waals surface area contributed by atoms with Crippen molar-refractivity contribution in [1.82, 2.24) is 0 Å². The predicted molar refractivity (Wildman–Crippen MR) is 68.0 cm³/mol. The van der Waals surface area contributed by atoms with Gasteiger partial charge in [0.15, 0.2) is 0 Å². The fourth-order valence-electron chi connectivity index (χ4n) is 2.67. The molecule has 0 radical (unpaired) electrons. The molecule has 0 atom stereocenters. The first-order valence-corrected chi connectivity index (χ1v) is 7.06. The Balaban J connectivity index is 2.32. The highest BCUT2D eigenvalue weighted by Gasteiger charge is 2.21. The Morgan fingerprint density at radius 3 is 1.40 bits per heavy atom. The van der Waals surface area contributed by atoms with E-state index in [4.69, 9.17) is 5.73 Å². The highest BCUT2D eigenvalue weighted by Crippen LogP contribution is 2.24. The van der Waals surface area contributed by atoms with E-state index in [9.17, 15) is 0 Å². The van der Waals surface area contributed by atoms with Crippen LogP contribution in [0.4, 0.5) is 0 Å². The molecule has 0 amide bonds. The van der Waals surface area contributed by atoms with E-state index in [2.05, 4.69) is 6.92 Å². The van der Waals surface area contributed by atoms with Crippen molar-refractivity contribution in [2.24, 2.45) is 5.73 Å². The van der Waals surface area contributed by atoms with Crippen molar-refractivity contribution in [3.05, 3.63) is 0 Å². The maximum absolute atomic E-state index is 6.44. The van der Waals surface area contributed by atoms with E-state index in [0.29, 0.717) is 0 Å². The van der Waals surface area contributed by atoms with Gasteiger partial charge in [0.2, 0.25) is 0 Å². The van der Waals surface area contributed by atoms with Crippen LogP contribution in [0.3, 0.4) is 0 Å². The maximum atomic E-state index is 6.44. The van der Waals surface area contributed by atoms with Crippen LogP contribution in [0.1, 0.15) is 84.0 Å². The van der Waals surface area contributed by atoms with Gasteiger partial charge in [0.25, 0.3) is 0 Å². The van der Waals surface area contributed by atoms with Gasteiger partial charge in [0, 0.05) is 5.54 Å². The molecule has 1 fully saturated rings. The van der Waals surface area contributed by atoms with Crippen LogP contribution in [0.25, 0.3) is 0 Å². The van der Waals surface area contributed by atoms with E-state index >= 15 is 0 Å². The van der Waals surface area contributed by atoms with E-state index in [1.165, 1.54) is 70.6 Å². The summed E-state index contributed by atoms with van der Waals surface area (Å²) >= 11 is 0. The summed E-state index contributed by atoms with van der Waals surface area (Å²) < 4.78 is 0. The number of rotatable bonds is 1. The van der Waals surface area contributed by atoms with Gasteiger partial charge >= 0.3 is 0 Å². The summed E-state index contributed by atoms with van der Waals surface area (Å²) in [5, 5.41) is 0. The monoisotopic (exact) mass is 211 g/mol. The lowest BCUT2D eigenvalue weighted by atomic mass is 9.84. The van der Waals surface area contributed by atoms with Crippen molar-refractivity contribution < 1.29 is 0 Å². The molecule has 0 heterocycles. The van der Waals surface area contributed by atoms with Crippen molar-refractivity contribution in [1.29, 1.82) is 0 Å². The average Bonchev–Trinajstić information content (AvgIpc) is 2.23. The Hall–Kier alpha value is -0.0400.